The summed E-state index contributed by atoms with van der Waals surface area (Å²) in [7, 11) is 0. The highest BCUT2D eigenvalue weighted by molar-refractivity contribution is 6.07. The topological polar surface area (TPSA) is 67.4 Å². The number of amides is 2. The van der Waals surface area contributed by atoms with Gasteiger partial charge in [0.25, 0.3) is 5.91 Å². The molecule has 5 nitrogen and oxygen atoms in total. The third-order valence-corrected chi connectivity index (χ3v) is 4.56. The van der Waals surface area contributed by atoms with Gasteiger partial charge >= 0.3 is 0 Å². The third-order valence-electron chi connectivity index (χ3n) is 4.56. The molecule has 0 aliphatic heterocycles. The number of ether oxygens (including phenoxy) is 1. The lowest BCUT2D eigenvalue weighted by Gasteiger charge is -2.15. The molecule has 0 aromatic heterocycles. The molecular weight excluding hydrogens is 352 g/mol. The van der Waals surface area contributed by atoms with E-state index >= 15 is 0 Å². The lowest BCUT2D eigenvalue weighted by Crippen LogP contribution is -2.16. The highest BCUT2D eigenvalue weighted by Crippen LogP contribution is 2.26. The third kappa shape index (κ3) is 6.12. The van der Waals surface area contributed by atoms with E-state index < -0.39 is 0 Å². The van der Waals surface area contributed by atoms with Crippen molar-refractivity contribution in [2.45, 2.75) is 52.9 Å². The number of rotatable bonds is 10. The van der Waals surface area contributed by atoms with Gasteiger partial charge in [-0.25, -0.2) is 0 Å². The Kier molecular flexibility index (Phi) is 8.53. The van der Waals surface area contributed by atoms with Gasteiger partial charge in [-0.2, -0.15) is 0 Å². The monoisotopic (exact) mass is 382 g/mol. The van der Waals surface area contributed by atoms with Crippen LogP contribution in [0.1, 0.15) is 61.9 Å². The average Bonchev–Trinajstić information content (AvgIpc) is 2.71. The Balaban J connectivity index is 2.09. The van der Waals surface area contributed by atoms with E-state index in [9.17, 15) is 9.59 Å². The Morgan fingerprint density at radius 3 is 2.32 bits per heavy atom. The molecule has 0 aliphatic rings. The Bertz CT molecular complexity index is 802. The van der Waals surface area contributed by atoms with Crippen LogP contribution in [0.3, 0.4) is 0 Å². The van der Waals surface area contributed by atoms with Crippen molar-refractivity contribution in [2.75, 3.05) is 17.2 Å². The molecule has 0 saturated heterocycles. The van der Waals surface area contributed by atoms with Crippen LogP contribution in [0.25, 0.3) is 0 Å². The van der Waals surface area contributed by atoms with Crippen LogP contribution in [-0.4, -0.2) is 18.4 Å². The number of benzene rings is 2. The Hall–Kier alpha value is -2.82. The first kappa shape index (κ1) is 21.5. The molecule has 2 N–H and O–H groups in total. The van der Waals surface area contributed by atoms with Crippen LogP contribution < -0.4 is 15.4 Å². The number of hydrogen-bond donors (Lipinski definition) is 2. The molecule has 150 valence electrons. The predicted octanol–water partition coefficient (Wildman–Crippen LogP) is 5.55. The fraction of sp³-hybridized carbons (Fsp3) is 0.391. The quantitative estimate of drug-likeness (QED) is 0.529. The number of unbranched alkanes of at least 4 members (excludes halogenated alkanes) is 3. The Morgan fingerprint density at radius 2 is 1.61 bits per heavy atom. The molecule has 28 heavy (non-hydrogen) atoms. The largest absolute Gasteiger partial charge is 0.493 e. The first-order chi connectivity index (χ1) is 13.6. The van der Waals surface area contributed by atoms with Gasteiger partial charge < -0.3 is 15.4 Å². The highest BCUT2D eigenvalue weighted by atomic mass is 16.5. The predicted molar refractivity (Wildman–Crippen MR) is 114 cm³/mol. The zero-order valence-corrected chi connectivity index (χ0v) is 17.0. The fourth-order valence-corrected chi connectivity index (χ4v) is 2.83. The van der Waals surface area contributed by atoms with Gasteiger partial charge in [0.15, 0.2) is 0 Å². The molecule has 0 saturated carbocycles. The maximum atomic E-state index is 12.8. The molecule has 0 bridgehead atoms. The molecule has 0 spiro atoms. The summed E-state index contributed by atoms with van der Waals surface area (Å²) in [5.74, 6) is 0.296. The fourth-order valence-electron chi connectivity index (χ4n) is 2.83. The molecule has 0 unspecified atom stereocenters. The van der Waals surface area contributed by atoms with E-state index in [1.165, 1.54) is 12.8 Å². The van der Waals surface area contributed by atoms with Crippen molar-refractivity contribution < 1.29 is 14.3 Å². The van der Waals surface area contributed by atoms with Crippen molar-refractivity contribution >= 4 is 23.2 Å². The number of hydrogen-bond acceptors (Lipinski definition) is 3. The van der Waals surface area contributed by atoms with Crippen LogP contribution in [0.4, 0.5) is 11.4 Å². The second-order valence-corrected chi connectivity index (χ2v) is 6.74. The van der Waals surface area contributed by atoms with Crippen molar-refractivity contribution in [3.63, 3.8) is 0 Å². The Morgan fingerprint density at radius 1 is 0.893 bits per heavy atom. The first-order valence-electron chi connectivity index (χ1n) is 9.99. The summed E-state index contributed by atoms with van der Waals surface area (Å²) in [6.45, 7) is 6.44. The molecule has 5 heteroatoms. The SMILES string of the molecule is CCCCCCOc1ccccc1C(=O)Nc1cccc(NC(=O)CC)c1C. The number of anilines is 2. The molecule has 2 aromatic carbocycles. The normalized spacial score (nSPS) is 10.4. The molecule has 0 fully saturated rings. The van der Waals surface area contributed by atoms with E-state index in [0.717, 1.165) is 18.4 Å². The smallest absolute Gasteiger partial charge is 0.259 e. The number of carbonyl (C=O) groups excluding carboxylic acids is 2. The van der Waals surface area contributed by atoms with Gasteiger partial charge in [-0.1, -0.05) is 51.3 Å². The number of nitrogens with one attached hydrogen (secondary N) is 2. The second-order valence-electron chi connectivity index (χ2n) is 6.74. The van der Waals surface area contributed by atoms with E-state index in [1.807, 2.05) is 43.3 Å². The maximum Gasteiger partial charge on any atom is 0.259 e. The maximum absolute atomic E-state index is 12.8. The van der Waals surface area contributed by atoms with Crippen molar-refractivity contribution in [3.8, 4) is 5.75 Å². The minimum Gasteiger partial charge on any atom is -0.493 e. The van der Waals surface area contributed by atoms with Gasteiger partial charge in [-0.15, -0.1) is 0 Å². The van der Waals surface area contributed by atoms with Gasteiger partial charge in [0.2, 0.25) is 5.91 Å². The van der Waals surface area contributed by atoms with Gasteiger partial charge in [0.1, 0.15) is 5.75 Å². The van der Waals surface area contributed by atoms with Crippen molar-refractivity contribution in [3.05, 3.63) is 53.6 Å². The van der Waals surface area contributed by atoms with Crippen LogP contribution in [0.5, 0.6) is 5.75 Å². The first-order valence-corrected chi connectivity index (χ1v) is 9.99. The van der Waals surface area contributed by atoms with Gasteiger partial charge in [-0.3, -0.25) is 9.59 Å². The summed E-state index contributed by atoms with van der Waals surface area (Å²) in [6, 6.07) is 12.7. The second kappa shape index (κ2) is 11.1. The lowest BCUT2D eigenvalue weighted by atomic mass is 10.1. The summed E-state index contributed by atoms with van der Waals surface area (Å²) >= 11 is 0. The molecule has 2 amide bonds. The number of carbonyl (C=O) groups is 2. The van der Waals surface area contributed by atoms with Crippen LogP contribution in [0.15, 0.2) is 42.5 Å². The van der Waals surface area contributed by atoms with E-state index in [1.54, 1.807) is 13.0 Å². The van der Waals surface area contributed by atoms with E-state index in [-0.39, 0.29) is 11.8 Å². The van der Waals surface area contributed by atoms with Gasteiger partial charge in [0, 0.05) is 17.8 Å². The summed E-state index contributed by atoms with van der Waals surface area (Å²) < 4.78 is 5.85. The zero-order valence-electron chi connectivity index (χ0n) is 17.0. The summed E-state index contributed by atoms with van der Waals surface area (Å²) in [5.41, 5.74) is 2.68. The van der Waals surface area contributed by atoms with E-state index in [0.29, 0.717) is 35.7 Å². The Labute approximate surface area is 167 Å². The molecule has 0 atom stereocenters. The molecule has 2 aromatic rings. The van der Waals surface area contributed by atoms with Crippen LogP contribution in [-0.2, 0) is 4.79 Å². The van der Waals surface area contributed by atoms with Crippen LogP contribution in [0.2, 0.25) is 0 Å². The molecule has 0 radical (unpaired) electrons. The standard InChI is InChI=1S/C23H30N2O3/c1-4-6-7-10-16-28-21-15-9-8-12-18(21)23(27)25-20-14-11-13-19(17(20)3)24-22(26)5-2/h8-9,11-15H,4-7,10,16H2,1-3H3,(H,24,26)(H,25,27). The van der Waals surface area contributed by atoms with Crippen molar-refractivity contribution in [2.24, 2.45) is 0 Å². The minimum absolute atomic E-state index is 0.0617. The molecular formula is C23H30N2O3. The van der Waals surface area contributed by atoms with Crippen molar-refractivity contribution in [1.82, 2.24) is 0 Å². The minimum atomic E-state index is -0.230. The summed E-state index contributed by atoms with van der Waals surface area (Å²) in [5, 5.41) is 5.79. The summed E-state index contributed by atoms with van der Waals surface area (Å²) in [4.78, 5) is 24.5. The highest BCUT2D eigenvalue weighted by Gasteiger charge is 2.14. The molecule has 0 aliphatic carbocycles. The van der Waals surface area contributed by atoms with E-state index in [4.69, 9.17) is 4.74 Å². The van der Waals surface area contributed by atoms with Gasteiger partial charge in [-0.05, 0) is 43.2 Å². The van der Waals surface area contributed by atoms with Crippen LogP contribution >= 0.6 is 0 Å². The lowest BCUT2D eigenvalue weighted by molar-refractivity contribution is -0.115. The molecule has 2 rings (SSSR count). The summed E-state index contributed by atoms with van der Waals surface area (Å²) in [6.07, 6.45) is 4.87. The average molecular weight is 383 g/mol. The molecule has 0 heterocycles. The van der Waals surface area contributed by atoms with E-state index in [2.05, 4.69) is 17.6 Å². The van der Waals surface area contributed by atoms with Crippen LogP contribution in [0, 0.1) is 6.92 Å². The van der Waals surface area contributed by atoms with Crippen molar-refractivity contribution in [1.29, 1.82) is 0 Å². The van der Waals surface area contributed by atoms with Gasteiger partial charge in [0.05, 0.1) is 12.2 Å². The number of para-hydroxylation sites is 1. The zero-order chi connectivity index (χ0) is 20.4.